The van der Waals surface area contributed by atoms with Crippen LogP contribution in [0.4, 0.5) is 10.2 Å². The standard InChI is InChI=1S/C21H26FN5O4/c1-3-31-25-16-6-7-26(11-21(16,2)10-23)19-15(22)8-13-17(28)14(20(29)30)9-27(12-4-5-12)18(13)24-19/h8-9,12H,3-7,10-11,23H2,1-2H3,(H,29,30)/b25-16+. The molecule has 4 rings (SSSR count). The van der Waals surface area contributed by atoms with Gasteiger partial charge in [-0.15, -0.1) is 0 Å². The Labute approximate surface area is 178 Å². The molecule has 0 radical (unpaired) electrons. The highest BCUT2D eigenvalue weighted by atomic mass is 19.1. The van der Waals surface area contributed by atoms with E-state index in [0.29, 0.717) is 38.3 Å². The van der Waals surface area contributed by atoms with E-state index in [4.69, 9.17) is 10.6 Å². The molecule has 166 valence electrons. The van der Waals surface area contributed by atoms with Gasteiger partial charge < -0.3 is 25.1 Å². The molecule has 0 aromatic carbocycles. The van der Waals surface area contributed by atoms with E-state index in [9.17, 15) is 14.7 Å². The molecule has 3 N–H and O–H groups in total. The van der Waals surface area contributed by atoms with Gasteiger partial charge in [-0.3, -0.25) is 4.79 Å². The summed E-state index contributed by atoms with van der Waals surface area (Å²) in [5.41, 5.74) is 5.54. The lowest BCUT2D eigenvalue weighted by Gasteiger charge is -2.41. The van der Waals surface area contributed by atoms with Crippen molar-refractivity contribution >= 4 is 28.5 Å². The van der Waals surface area contributed by atoms with Crippen LogP contribution in [0.1, 0.15) is 49.5 Å². The number of rotatable bonds is 6. The minimum absolute atomic E-state index is 0.0229. The average Bonchev–Trinajstić information content (AvgIpc) is 3.58. The summed E-state index contributed by atoms with van der Waals surface area (Å²) < 4.78 is 16.8. The third-order valence-corrected chi connectivity index (χ3v) is 6.02. The van der Waals surface area contributed by atoms with Crippen LogP contribution in [0.15, 0.2) is 22.2 Å². The van der Waals surface area contributed by atoms with Gasteiger partial charge in [-0.05, 0) is 25.8 Å². The number of nitrogens with two attached hydrogens (primary N) is 1. The molecule has 0 amide bonds. The summed E-state index contributed by atoms with van der Waals surface area (Å²) in [4.78, 5) is 35.7. The van der Waals surface area contributed by atoms with Crippen molar-refractivity contribution in [2.75, 3.05) is 31.1 Å². The second kappa shape index (κ2) is 7.92. The number of hydrogen-bond acceptors (Lipinski definition) is 7. The van der Waals surface area contributed by atoms with Crippen molar-refractivity contribution in [3.63, 3.8) is 0 Å². The van der Waals surface area contributed by atoms with Gasteiger partial charge in [-0.2, -0.15) is 0 Å². The number of pyridine rings is 2. The quantitative estimate of drug-likeness (QED) is 0.672. The largest absolute Gasteiger partial charge is 0.477 e. The molecule has 1 aliphatic carbocycles. The van der Waals surface area contributed by atoms with Gasteiger partial charge in [0, 0.05) is 43.7 Å². The number of nitrogens with zero attached hydrogens (tertiary/aromatic N) is 4. The van der Waals surface area contributed by atoms with E-state index < -0.39 is 22.6 Å². The first-order valence-electron chi connectivity index (χ1n) is 10.4. The molecule has 0 bridgehead atoms. The SMILES string of the molecule is CCO/N=C1\CCN(c2nc3c(cc2F)c(=O)c(C(=O)O)cn3C2CC2)CC1(C)CN. The van der Waals surface area contributed by atoms with Crippen molar-refractivity contribution in [2.24, 2.45) is 16.3 Å². The fourth-order valence-electron chi connectivity index (χ4n) is 4.04. The lowest BCUT2D eigenvalue weighted by Crippen LogP contribution is -2.52. The van der Waals surface area contributed by atoms with E-state index in [1.165, 1.54) is 6.20 Å². The topological polar surface area (TPSA) is 123 Å². The van der Waals surface area contributed by atoms with Gasteiger partial charge in [-0.25, -0.2) is 14.2 Å². The molecular formula is C21H26FN5O4. The summed E-state index contributed by atoms with van der Waals surface area (Å²) in [7, 11) is 0. The Balaban J connectivity index is 1.80. The zero-order valence-electron chi connectivity index (χ0n) is 17.6. The Kier molecular flexibility index (Phi) is 5.42. The predicted octanol–water partition coefficient (Wildman–Crippen LogP) is 2.14. The monoisotopic (exact) mass is 431 g/mol. The summed E-state index contributed by atoms with van der Waals surface area (Å²) in [6, 6.07) is 1.17. The molecule has 10 heteroatoms. The molecular weight excluding hydrogens is 405 g/mol. The van der Waals surface area contributed by atoms with Crippen LogP contribution in [0.2, 0.25) is 0 Å². The van der Waals surface area contributed by atoms with Crippen LogP contribution in [0.25, 0.3) is 11.0 Å². The first kappa shape index (κ1) is 21.2. The maximum absolute atomic E-state index is 15.1. The molecule has 1 saturated heterocycles. The molecule has 2 aromatic heterocycles. The number of anilines is 1. The molecule has 1 aliphatic heterocycles. The van der Waals surface area contributed by atoms with E-state index >= 15 is 4.39 Å². The molecule has 2 aromatic rings. The van der Waals surface area contributed by atoms with E-state index in [2.05, 4.69) is 10.1 Å². The van der Waals surface area contributed by atoms with Gasteiger partial charge in [0.05, 0.1) is 11.1 Å². The third-order valence-electron chi connectivity index (χ3n) is 6.02. The number of carbonyl (C=O) groups is 1. The van der Waals surface area contributed by atoms with Crippen molar-refractivity contribution in [1.82, 2.24) is 9.55 Å². The van der Waals surface area contributed by atoms with Crippen molar-refractivity contribution in [3.8, 4) is 0 Å². The Morgan fingerprint density at radius 1 is 1.48 bits per heavy atom. The molecule has 3 heterocycles. The molecule has 2 aliphatic rings. The fraction of sp³-hybridized carbons (Fsp3) is 0.524. The number of piperidine rings is 1. The molecule has 31 heavy (non-hydrogen) atoms. The minimum Gasteiger partial charge on any atom is -0.477 e. The summed E-state index contributed by atoms with van der Waals surface area (Å²) >= 11 is 0. The van der Waals surface area contributed by atoms with Crippen molar-refractivity contribution in [1.29, 1.82) is 0 Å². The number of carboxylic acid groups (broad SMARTS) is 1. The summed E-state index contributed by atoms with van der Waals surface area (Å²) in [6.45, 7) is 5.42. The van der Waals surface area contributed by atoms with E-state index in [1.54, 1.807) is 9.47 Å². The van der Waals surface area contributed by atoms with E-state index in [1.807, 2.05) is 13.8 Å². The fourth-order valence-corrected chi connectivity index (χ4v) is 4.04. The van der Waals surface area contributed by atoms with Gasteiger partial charge in [0.1, 0.15) is 17.8 Å². The zero-order valence-corrected chi connectivity index (χ0v) is 17.6. The van der Waals surface area contributed by atoms with Crippen LogP contribution in [0.3, 0.4) is 0 Å². The molecule has 0 spiro atoms. The second-order valence-electron chi connectivity index (χ2n) is 8.37. The molecule has 1 atom stereocenters. The smallest absolute Gasteiger partial charge is 0.341 e. The van der Waals surface area contributed by atoms with Crippen LogP contribution < -0.4 is 16.1 Å². The van der Waals surface area contributed by atoms with Gasteiger partial charge in [0.15, 0.2) is 11.6 Å². The van der Waals surface area contributed by atoms with Crippen molar-refractivity contribution in [3.05, 3.63) is 33.9 Å². The molecule has 1 saturated carbocycles. The van der Waals surface area contributed by atoms with Crippen LogP contribution in [-0.2, 0) is 4.84 Å². The number of fused-ring (bicyclic) bond motifs is 1. The first-order valence-corrected chi connectivity index (χ1v) is 10.4. The van der Waals surface area contributed by atoms with Crippen LogP contribution >= 0.6 is 0 Å². The maximum atomic E-state index is 15.1. The molecule has 1 unspecified atom stereocenters. The van der Waals surface area contributed by atoms with Gasteiger partial charge in [0.2, 0.25) is 5.43 Å². The highest BCUT2D eigenvalue weighted by Gasteiger charge is 2.38. The summed E-state index contributed by atoms with van der Waals surface area (Å²) in [6.07, 6.45) is 3.59. The maximum Gasteiger partial charge on any atom is 0.341 e. The predicted molar refractivity (Wildman–Crippen MR) is 114 cm³/mol. The number of aromatic carboxylic acids is 1. The zero-order chi connectivity index (χ0) is 22.3. The average molecular weight is 431 g/mol. The van der Waals surface area contributed by atoms with Crippen LogP contribution in [0.5, 0.6) is 0 Å². The van der Waals surface area contributed by atoms with E-state index in [-0.39, 0.29) is 22.8 Å². The molecule has 9 nitrogen and oxygen atoms in total. The Bertz CT molecular complexity index is 1130. The van der Waals surface area contributed by atoms with E-state index in [0.717, 1.165) is 24.6 Å². The van der Waals surface area contributed by atoms with Gasteiger partial charge in [-0.1, -0.05) is 12.1 Å². The van der Waals surface area contributed by atoms with Crippen LogP contribution in [-0.4, -0.2) is 52.6 Å². The second-order valence-corrected chi connectivity index (χ2v) is 8.37. The van der Waals surface area contributed by atoms with Crippen molar-refractivity contribution in [2.45, 2.75) is 39.2 Å². The van der Waals surface area contributed by atoms with Crippen molar-refractivity contribution < 1.29 is 19.1 Å². The van der Waals surface area contributed by atoms with Gasteiger partial charge >= 0.3 is 5.97 Å². The third kappa shape index (κ3) is 3.76. The van der Waals surface area contributed by atoms with Gasteiger partial charge in [0.25, 0.3) is 0 Å². The first-order chi connectivity index (χ1) is 14.8. The Morgan fingerprint density at radius 3 is 2.84 bits per heavy atom. The number of halogens is 1. The number of carboxylic acids is 1. The highest BCUT2D eigenvalue weighted by molar-refractivity contribution is 5.93. The summed E-state index contributed by atoms with van der Waals surface area (Å²) in [5, 5.41) is 13.6. The Hall–Kier alpha value is -3.01. The number of oxime groups is 1. The molecule has 2 fully saturated rings. The Morgan fingerprint density at radius 2 is 2.23 bits per heavy atom. The number of aromatic nitrogens is 2. The normalized spacial score (nSPS) is 22.8. The lowest BCUT2D eigenvalue weighted by atomic mass is 9.80. The summed E-state index contributed by atoms with van der Waals surface area (Å²) in [5.74, 6) is -1.87. The minimum atomic E-state index is -1.33. The van der Waals surface area contributed by atoms with Crippen LogP contribution in [0, 0.1) is 11.2 Å². The lowest BCUT2D eigenvalue weighted by molar-refractivity contribution is 0.0695. The highest BCUT2D eigenvalue weighted by Crippen LogP contribution is 2.38. The number of hydrogen-bond donors (Lipinski definition) is 2.